The number of hydrogen-bond donors (Lipinski definition) is 2. The minimum atomic E-state index is -0.966. The summed E-state index contributed by atoms with van der Waals surface area (Å²) in [4.78, 5) is 47.2. The SMILES string of the molecule is CC[C@H](C)[C@@H](CN(CC(=O)N1CCCC[C@H]1C(=O)O)Cc1cccc2ccccc12)NC(=O)Cc1cncn1Cc1ccc(C#N)cc1. The summed E-state index contributed by atoms with van der Waals surface area (Å²) in [6, 6.07) is 22.7. The molecule has 2 N–H and O–H groups in total. The van der Waals surface area contributed by atoms with Gasteiger partial charge in [-0.25, -0.2) is 9.78 Å². The molecule has 10 heteroatoms. The van der Waals surface area contributed by atoms with Crippen molar-refractivity contribution in [2.45, 2.75) is 71.1 Å². The highest BCUT2D eigenvalue weighted by molar-refractivity contribution is 5.86. The average molecular weight is 649 g/mol. The van der Waals surface area contributed by atoms with E-state index in [1.54, 1.807) is 24.7 Å². The lowest BCUT2D eigenvalue weighted by atomic mass is 9.97. The Kier molecular flexibility index (Phi) is 11.6. The van der Waals surface area contributed by atoms with Gasteiger partial charge < -0.3 is 19.9 Å². The number of piperidine rings is 1. The topological polar surface area (TPSA) is 132 Å². The normalized spacial score (nSPS) is 16.0. The van der Waals surface area contributed by atoms with E-state index in [9.17, 15) is 19.5 Å². The molecular formula is C38H44N6O4. The molecular weight excluding hydrogens is 604 g/mol. The molecule has 0 unspecified atom stereocenters. The van der Waals surface area contributed by atoms with Crippen LogP contribution in [0.4, 0.5) is 0 Å². The van der Waals surface area contributed by atoms with Crippen LogP contribution >= 0.6 is 0 Å². The van der Waals surface area contributed by atoms with Crippen molar-refractivity contribution in [1.29, 1.82) is 5.26 Å². The Bertz CT molecular complexity index is 1760. The zero-order valence-electron chi connectivity index (χ0n) is 27.7. The number of nitriles is 1. The number of carboxylic acid groups (broad SMARTS) is 1. The monoisotopic (exact) mass is 648 g/mol. The summed E-state index contributed by atoms with van der Waals surface area (Å²) in [6.45, 7) is 6.08. The van der Waals surface area contributed by atoms with Crippen LogP contribution in [0.15, 0.2) is 79.3 Å². The molecule has 10 nitrogen and oxygen atoms in total. The zero-order chi connectivity index (χ0) is 34.0. The molecule has 3 atom stereocenters. The second kappa shape index (κ2) is 16.2. The average Bonchev–Trinajstić information content (AvgIpc) is 3.53. The Hall–Kier alpha value is -5.01. The summed E-state index contributed by atoms with van der Waals surface area (Å²) in [5, 5.41) is 24.4. The van der Waals surface area contributed by atoms with Crippen LogP contribution in [0, 0.1) is 17.2 Å². The summed E-state index contributed by atoms with van der Waals surface area (Å²) in [7, 11) is 0. The molecule has 0 saturated carbocycles. The van der Waals surface area contributed by atoms with Gasteiger partial charge in [0.25, 0.3) is 0 Å². The molecule has 0 bridgehead atoms. The summed E-state index contributed by atoms with van der Waals surface area (Å²) < 4.78 is 1.93. The third-order valence-corrected chi connectivity index (χ3v) is 9.45. The van der Waals surface area contributed by atoms with Crippen molar-refractivity contribution in [3.63, 3.8) is 0 Å². The first-order valence-corrected chi connectivity index (χ1v) is 16.7. The van der Waals surface area contributed by atoms with Crippen molar-refractivity contribution < 1.29 is 19.5 Å². The van der Waals surface area contributed by atoms with Crippen LogP contribution < -0.4 is 5.32 Å². The third-order valence-electron chi connectivity index (χ3n) is 9.45. The molecule has 0 radical (unpaired) electrons. The number of fused-ring (bicyclic) bond motifs is 1. The van der Waals surface area contributed by atoms with Gasteiger partial charge in [0.05, 0.1) is 30.9 Å². The molecule has 250 valence electrons. The molecule has 2 heterocycles. The van der Waals surface area contributed by atoms with Crippen LogP contribution in [0.2, 0.25) is 0 Å². The largest absolute Gasteiger partial charge is 0.480 e. The molecule has 3 aromatic carbocycles. The van der Waals surface area contributed by atoms with Crippen molar-refractivity contribution in [3.05, 3.63) is 102 Å². The van der Waals surface area contributed by atoms with Gasteiger partial charge in [-0.15, -0.1) is 0 Å². The number of carboxylic acids is 1. The maximum atomic E-state index is 13.8. The van der Waals surface area contributed by atoms with E-state index in [0.717, 1.165) is 46.9 Å². The summed E-state index contributed by atoms with van der Waals surface area (Å²) in [5.41, 5.74) is 3.43. The third kappa shape index (κ3) is 8.66. The van der Waals surface area contributed by atoms with E-state index < -0.39 is 12.0 Å². The number of amides is 2. The Labute approximate surface area is 282 Å². The van der Waals surface area contributed by atoms with E-state index in [-0.39, 0.29) is 36.7 Å². The molecule has 48 heavy (non-hydrogen) atoms. The van der Waals surface area contributed by atoms with Gasteiger partial charge in [0, 0.05) is 44.1 Å². The van der Waals surface area contributed by atoms with E-state index in [0.29, 0.717) is 38.2 Å². The van der Waals surface area contributed by atoms with Crippen LogP contribution in [0.5, 0.6) is 0 Å². The fourth-order valence-electron chi connectivity index (χ4n) is 6.50. The smallest absolute Gasteiger partial charge is 0.326 e. The molecule has 1 aromatic heterocycles. The molecule has 2 amide bonds. The van der Waals surface area contributed by atoms with Gasteiger partial charge in [-0.3, -0.25) is 14.5 Å². The van der Waals surface area contributed by atoms with E-state index in [1.165, 1.54) is 4.90 Å². The van der Waals surface area contributed by atoms with Crippen molar-refractivity contribution in [2.24, 2.45) is 5.92 Å². The number of carbonyl (C=O) groups excluding carboxylic acids is 2. The minimum Gasteiger partial charge on any atom is -0.480 e. The molecule has 1 aliphatic heterocycles. The Balaban J connectivity index is 1.34. The molecule has 5 rings (SSSR count). The van der Waals surface area contributed by atoms with Crippen LogP contribution in [0.25, 0.3) is 10.8 Å². The fraction of sp³-hybridized carbons (Fsp3) is 0.395. The van der Waals surface area contributed by atoms with Crippen molar-refractivity contribution in [2.75, 3.05) is 19.6 Å². The van der Waals surface area contributed by atoms with Crippen LogP contribution in [-0.4, -0.2) is 74.0 Å². The fourth-order valence-corrected chi connectivity index (χ4v) is 6.50. The number of rotatable bonds is 14. The van der Waals surface area contributed by atoms with Crippen LogP contribution in [0.1, 0.15) is 61.9 Å². The molecule has 1 aliphatic rings. The predicted octanol–water partition coefficient (Wildman–Crippen LogP) is 5.00. The van der Waals surface area contributed by atoms with E-state index in [1.807, 2.05) is 34.9 Å². The first-order chi connectivity index (χ1) is 23.2. The lowest BCUT2D eigenvalue weighted by Gasteiger charge is -2.36. The molecule has 1 fully saturated rings. The number of hydrogen-bond acceptors (Lipinski definition) is 6. The van der Waals surface area contributed by atoms with Gasteiger partial charge in [0.2, 0.25) is 11.8 Å². The Morgan fingerprint density at radius 1 is 1.08 bits per heavy atom. The van der Waals surface area contributed by atoms with Gasteiger partial charge in [-0.05, 0) is 59.2 Å². The molecule has 4 aromatic rings. The predicted molar refractivity (Wildman–Crippen MR) is 184 cm³/mol. The molecule has 0 aliphatic carbocycles. The minimum absolute atomic E-state index is 0.0488. The number of nitrogens with one attached hydrogen (secondary N) is 1. The van der Waals surface area contributed by atoms with E-state index in [2.05, 4.69) is 59.4 Å². The lowest BCUT2D eigenvalue weighted by Crippen LogP contribution is -2.53. The maximum Gasteiger partial charge on any atom is 0.326 e. The van der Waals surface area contributed by atoms with E-state index in [4.69, 9.17) is 5.26 Å². The number of imidazole rings is 1. The Morgan fingerprint density at radius 2 is 1.85 bits per heavy atom. The number of aliphatic carboxylic acids is 1. The van der Waals surface area contributed by atoms with Gasteiger partial charge in [0.1, 0.15) is 6.04 Å². The second-order valence-corrected chi connectivity index (χ2v) is 12.8. The number of carbonyl (C=O) groups is 3. The highest BCUT2D eigenvalue weighted by Crippen LogP contribution is 2.23. The van der Waals surface area contributed by atoms with Crippen LogP contribution in [-0.2, 0) is 33.9 Å². The van der Waals surface area contributed by atoms with Gasteiger partial charge >= 0.3 is 5.97 Å². The summed E-state index contributed by atoms with van der Waals surface area (Å²) in [6.07, 6.45) is 6.39. The van der Waals surface area contributed by atoms with E-state index >= 15 is 0 Å². The van der Waals surface area contributed by atoms with Crippen molar-refractivity contribution in [3.8, 4) is 6.07 Å². The molecule has 0 spiro atoms. The second-order valence-electron chi connectivity index (χ2n) is 12.8. The number of nitrogens with zero attached hydrogens (tertiary/aromatic N) is 5. The van der Waals surface area contributed by atoms with Crippen molar-refractivity contribution in [1.82, 2.24) is 24.7 Å². The van der Waals surface area contributed by atoms with Gasteiger partial charge in [-0.2, -0.15) is 5.26 Å². The summed E-state index contributed by atoms with van der Waals surface area (Å²) >= 11 is 0. The Morgan fingerprint density at radius 3 is 2.60 bits per heavy atom. The maximum absolute atomic E-state index is 13.8. The van der Waals surface area contributed by atoms with Gasteiger partial charge in [0.15, 0.2) is 0 Å². The van der Waals surface area contributed by atoms with Crippen LogP contribution in [0.3, 0.4) is 0 Å². The molecule has 1 saturated heterocycles. The van der Waals surface area contributed by atoms with Gasteiger partial charge in [-0.1, -0.05) is 74.9 Å². The standard InChI is InChI=1S/C38H44N6O4/c1-3-27(2)34(41-36(45)19-32-21-40-26-43(32)22-29-16-14-28(20-39)15-17-29)24-42(23-31-11-8-10-30-9-4-5-12-33(30)31)25-37(46)44-18-7-6-13-35(44)38(47)48/h4-5,8-12,14-17,21,26-27,34-35H,3,6-7,13,18-19,22-25H2,1-2H3,(H,41,45)(H,47,48)/t27-,34+,35-/m0/s1. The van der Waals surface area contributed by atoms with Crippen molar-refractivity contribution >= 4 is 28.6 Å². The number of likely N-dealkylation sites (tertiary alicyclic amines) is 1. The summed E-state index contributed by atoms with van der Waals surface area (Å²) in [5.74, 6) is -1.19. The highest BCUT2D eigenvalue weighted by atomic mass is 16.4. The first kappa shape index (κ1) is 34.3. The number of aromatic nitrogens is 2. The first-order valence-electron chi connectivity index (χ1n) is 16.7. The zero-order valence-corrected chi connectivity index (χ0v) is 27.7. The lowest BCUT2D eigenvalue weighted by molar-refractivity contribution is -0.152. The quantitative estimate of drug-likeness (QED) is 0.197. The number of benzene rings is 3. The highest BCUT2D eigenvalue weighted by Gasteiger charge is 2.33.